The average Bonchev–Trinajstić information content (AvgIpc) is 3.21. The van der Waals surface area contributed by atoms with E-state index in [2.05, 4.69) is 22.0 Å². The molecule has 1 heterocycles. The van der Waals surface area contributed by atoms with Crippen LogP contribution in [-0.4, -0.2) is 42.9 Å². The molecular formula is C21H25N3O4. The van der Waals surface area contributed by atoms with Crippen LogP contribution >= 0.6 is 0 Å². The summed E-state index contributed by atoms with van der Waals surface area (Å²) in [5.74, 6) is 3.37. The van der Waals surface area contributed by atoms with Gasteiger partial charge >= 0.3 is 0 Å². The third-order valence-corrected chi connectivity index (χ3v) is 4.47. The fourth-order valence-electron chi connectivity index (χ4n) is 2.89. The van der Waals surface area contributed by atoms with Crippen LogP contribution in [0.1, 0.15) is 18.3 Å². The van der Waals surface area contributed by atoms with Gasteiger partial charge in [0, 0.05) is 12.1 Å². The van der Waals surface area contributed by atoms with Crippen LogP contribution in [0, 0.1) is 0 Å². The number of benzene rings is 2. The van der Waals surface area contributed by atoms with E-state index >= 15 is 0 Å². The van der Waals surface area contributed by atoms with Crippen LogP contribution in [0.15, 0.2) is 47.0 Å². The summed E-state index contributed by atoms with van der Waals surface area (Å²) in [5, 5.41) is 4.12. The topological polar surface area (TPSA) is 69.9 Å². The van der Waals surface area contributed by atoms with Crippen LogP contribution in [-0.2, 0) is 13.1 Å². The number of hydrogen-bond donors (Lipinski definition) is 0. The molecular weight excluding hydrogens is 358 g/mol. The molecule has 2 aromatic carbocycles. The molecule has 0 spiro atoms. The molecule has 3 aromatic rings. The molecule has 1 aromatic heterocycles. The summed E-state index contributed by atoms with van der Waals surface area (Å²) in [6.07, 6.45) is 0. The first kappa shape index (κ1) is 19.7. The Hall–Kier alpha value is -3.06. The highest BCUT2D eigenvalue weighted by Crippen LogP contribution is 2.28. The lowest BCUT2D eigenvalue weighted by molar-refractivity contribution is 0.258. The van der Waals surface area contributed by atoms with Gasteiger partial charge in [-0.1, -0.05) is 18.1 Å². The van der Waals surface area contributed by atoms with Crippen LogP contribution in [0.3, 0.4) is 0 Å². The average molecular weight is 383 g/mol. The Balaban J connectivity index is 1.68. The van der Waals surface area contributed by atoms with Gasteiger partial charge in [0.05, 0.1) is 27.9 Å². The van der Waals surface area contributed by atoms with Crippen LogP contribution in [0.5, 0.6) is 17.2 Å². The minimum Gasteiger partial charge on any atom is -0.497 e. The van der Waals surface area contributed by atoms with E-state index in [-0.39, 0.29) is 0 Å². The van der Waals surface area contributed by atoms with Gasteiger partial charge in [0.1, 0.15) is 5.75 Å². The molecule has 0 fully saturated rings. The number of hydrogen-bond acceptors (Lipinski definition) is 7. The molecule has 0 radical (unpaired) electrons. The summed E-state index contributed by atoms with van der Waals surface area (Å²) in [6, 6.07) is 13.5. The van der Waals surface area contributed by atoms with Gasteiger partial charge in [-0.05, 0) is 48.5 Å². The van der Waals surface area contributed by atoms with E-state index in [0.29, 0.717) is 18.3 Å². The lowest BCUT2D eigenvalue weighted by Crippen LogP contribution is -2.23. The fraction of sp³-hybridized carbons (Fsp3) is 0.333. The van der Waals surface area contributed by atoms with E-state index in [1.165, 1.54) is 0 Å². The molecule has 3 rings (SSSR count). The molecule has 7 heteroatoms. The van der Waals surface area contributed by atoms with Gasteiger partial charge < -0.3 is 18.7 Å². The van der Waals surface area contributed by atoms with Crippen LogP contribution in [0.4, 0.5) is 0 Å². The Morgan fingerprint density at radius 2 is 1.64 bits per heavy atom. The smallest absolute Gasteiger partial charge is 0.257 e. The van der Waals surface area contributed by atoms with Crippen molar-refractivity contribution in [3.05, 3.63) is 53.9 Å². The summed E-state index contributed by atoms with van der Waals surface area (Å²) in [4.78, 5) is 6.75. The molecule has 0 atom stereocenters. The van der Waals surface area contributed by atoms with E-state index in [1.807, 2.05) is 42.5 Å². The molecule has 7 nitrogen and oxygen atoms in total. The lowest BCUT2D eigenvalue weighted by atomic mass is 10.2. The first-order valence-corrected chi connectivity index (χ1v) is 9.07. The Morgan fingerprint density at radius 3 is 2.29 bits per heavy atom. The Kier molecular flexibility index (Phi) is 6.49. The van der Waals surface area contributed by atoms with Crippen molar-refractivity contribution in [2.75, 3.05) is 27.9 Å². The van der Waals surface area contributed by atoms with Crippen molar-refractivity contribution in [3.8, 4) is 28.7 Å². The molecule has 0 aliphatic rings. The van der Waals surface area contributed by atoms with Crippen molar-refractivity contribution in [2.24, 2.45) is 0 Å². The predicted octanol–water partition coefficient (Wildman–Crippen LogP) is 3.78. The molecule has 0 aliphatic carbocycles. The first-order chi connectivity index (χ1) is 13.7. The highest BCUT2D eigenvalue weighted by atomic mass is 16.5. The number of aromatic nitrogens is 2. The van der Waals surface area contributed by atoms with Crippen molar-refractivity contribution in [3.63, 3.8) is 0 Å². The van der Waals surface area contributed by atoms with Gasteiger partial charge in [-0.25, -0.2) is 0 Å². The number of rotatable bonds is 9. The van der Waals surface area contributed by atoms with E-state index in [4.69, 9.17) is 18.7 Å². The largest absolute Gasteiger partial charge is 0.497 e. The summed E-state index contributed by atoms with van der Waals surface area (Å²) in [7, 11) is 4.91. The van der Waals surface area contributed by atoms with E-state index in [9.17, 15) is 0 Å². The third kappa shape index (κ3) is 4.61. The fourth-order valence-corrected chi connectivity index (χ4v) is 2.89. The molecule has 28 heavy (non-hydrogen) atoms. The van der Waals surface area contributed by atoms with Crippen molar-refractivity contribution >= 4 is 0 Å². The maximum Gasteiger partial charge on any atom is 0.257 e. The zero-order valence-electron chi connectivity index (χ0n) is 16.6. The molecule has 0 N–H and O–H groups in total. The SMILES string of the molecule is CCN(Cc1ccc(OC)c(OC)c1)Cc1noc(-c2ccc(OC)cc2)n1. The minimum atomic E-state index is 0.500. The zero-order chi connectivity index (χ0) is 19.9. The molecule has 0 unspecified atom stereocenters. The number of methoxy groups -OCH3 is 3. The Bertz CT molecular complexity index is 893. The third-order valence-electron chi connectivity index (χ3n) is 4.47. The van der Waals surface area contributed by atoms with E-state index < -0.39 is 0 Å². The molecule has 0 aliphatic heterocycles. The molecule has 0 saturated carbocycles. The lowest BCUT2D eigenvalue weighted by Gasteiger charge is -2.19. The predicted molar refractivity (Wildman–Crippen MR) is 106 cm³/mol. The maximum atomic E-state index is 5.42. The number of ether oxygens (including phenoxy) is 3. The van der Waals surface area contributed by atoms with Crippen molar-refractivity contribution in [1.29, 1.82) is 0 Å². The van der Waals surface area contributed by atoms with E-state index in [1.54, 1.807) is 21.3 Å². The summed E-state index contributed by atoms with van der Waals surface area (Å²) >= 11 is 0. The summed E-state index contributed by atoms with van der Waals surface area (Å²) in [5.41, 5.74) is 1.99. The number of nitrogens with zero attached hydrogens (tertiary/aromatic N) is 3. The quantitative estimate of drug-likeness (QED) is 0.557. The highest BCUT2D eigenvalue weighted by molar-refractivity contribution is 5.54. The van der Waals surface area contributed by atoms with Gasteiger partial charge in [-0.2, -0.15) is 4.98 Å². The molecule has 148 valence electrons. The zero-order valence-corrected chi connectivity index (χ0v) is 16.6. The molecule has 0 amide bonds. The molecule has 0 bridgehead atoms. The highest BCUT2D eigenvalue weighted by Gasteiger charge is 2.14. The van der Waals surface area contributed by atoms with Crippen molar-refractivity contribution in [1.82, 2.24) is 15.0 Å². The van der Waals surface area contributed by atoms with Gasteiger partial charge in [-0.3, -0.25) is 4.90 Å². The monoisotopic (exact) mass is 383 g/mol. The van der Waals surface area contributed by atoms with E-state index in [0.717, 1.165) is 41.5 Å². The Labute approximate surface area is 164 Å². The van der Waals surface area contributed by atoms with Gasteiger partial charge in [0.15, 0.2) is 17.3 Å². The van der Waals surface area contributed by atoms with Crippen LogP contribution in [0.2, 0.25) is 0 Å². The second-order valence-corrected chi connectivity index (χ2v) is 6.24. The minimum absolute atomic E-state index is 0.500. The summed E-state index contributed by atoms with van der Waals surface area (Å²) < 4.78 is 21.3. The van der Waals surface area contributed by atoms with Crippen molar-refractivity contribution in [2.45, 2.75) is 20.0 Å². The normalized spacial score (nSPS) is 10.9. The van der Waals surface area contributed by atoms with Crippen LogP contribution < -0.4 is 14.2 Å². The molecule has 0 saturated heterocycles. The maximum absolute atomic E-state index is 5.42. The summed E-state index contributed by atoms with van der Waals surface area (Å²) in [6.45, 7) is 4.28. The standard InChI is InChI=1S/C21H25N3O4/c1-5-24(13-15-6-11-18(26-3)19(12-15)27-4)14-20-22-21(28-23-20)16-7-9-17(25-2)10-8-16/h6-12H,5,13-14H2,1-4H3. The second-order valence-electron chi connectivity index (χ2n) is 6.24. The van der Waals surface area contributed by atoms with Gasteiger partial charge in [0.25, 0.3) is 5.89 Å². The van der Waals surface area contributed by atoms with Gasteiger partial charge in [-0.15, -0.1) is 0 Å². The Morgan fingerprint density at radius 1 is 0.893 bits per heavy atom. The van der Waals surface area contributed by atoms with Crippen molar-refractivity contribution < 1.29 is 18.7 Å². The first-order valence-electron chi connectivity index (χ1n) is 9.07. The second kappa shape index (κ2) is 9.23. The van der Waals surface area contributed by atoms with Gasteiger partial charge in [0.2, 0.25) is 0 Å². The van der Waals surface area contributed by atoms with Crippen LogP contribution in [0.25, 0.3) is 11.5 Å².